The fraction of sp³-hybridized carbons (Fsp3) is 0.400. The average Bonchev–Trinajstić information content (AvgIpc) is 2.86. The highest BCUT2D eigenvalue weighted by Crippen LogP contribution is 2.47. The van der Waals surface area contributed by atoms with Crippen LogP contribution in [-0.2, 0) is 21.7 Å². The summed E-state index contributed by atoms with van der Waals surface area (Å²) >= 11 is 0. The molecule has 0 atom stereocenters. The molecule has 0 saturated carbocycles. The van der Waals surface area contributed by atoms with Crippen molar-refractivity contribution in [3.63, 3.8) is 0 Å². The minimum Gasteiger partial charge on any atom is -0.0622 e. The first-order valence-electron chi connectivity index (χ1n) is 14.9. The van der Waals surface area contributed by atoms with E-state index in [0.717, 1.165) is 0 Å². The van der Waals surface area contributed by atoms with Gasteiger partial charge in [0.2, 0.25) is 0 Å². The Morgan fingerprint density at radius 2 is 0.800 bits per heavy atom. The summed E-state index contributed by atoms with van der Waals surface area (Å²) in [5.74, 6) is 0. The van der Waals surface area contributed by atoms with E-state index in [4.69, 9.17) is 0 Å². The van der Waals surface area contributed by atoms with Crippen molar-refractivity contribution in [3.8, 4) is 33.4 Å². The van der Waals surface area contributed by atoms with Crippen molar-refractivity contribution in [1.82, 2.24) is 0 Å². The molecular formula is C40H50. The standard InChI is InChI=1S/C40H50/c1-37(2,3)28-21-23-31(34(25-28)39(7,8)9)32-20-16-19-30(27-17-14-13-15-18-27)36(32)33-24-22-29(38(4,5)6)26-35(33)40(10,11)12/h13-26H,1-12H3. The average molecular weight is 531 g/mol. The molecule has 0 radical (unpaired) electrons. The van der Waals surface area contributed by atoms with Gasteiger partial charge in [0, 0.05) is 0 Å². The zero-order chi connectivity index (χ0) is 29.7. The third kappa shape index (κ3) is 6.12. The van der Waals surface area contributed by atoms with Crippen LogP contribution in [0.5, 0.6) is 0 Å². The van der Waals surface area contributed by atoms with Gasteiger partial charge in [-0.2, -0.15) is 0 Å². The lowest BCUT2D eigenvalue weighted by Gasteiger charge is -2.31. The predicted molar refractivity (Wildman–Crippen MR) is 178 cm³/mol. The molecule has 0 heterocycles. The van der Waals surface area contributed by atoms with E-state index < -0.39 is 0 Å². The molecule has 4 aromatic rings. The summed E-state index contributed by atoms with van der Waals surface area (Å²) in [5, 5.41) is 0. The summed E-state index contributed by atoms with van der Waals surface area (Å²) in [6.45, 7) is 27.9. The Bertz CT molecular complexity index is 1490. The van der Waals surface area contributed by atoms with Crippen LogP contribution >= 0.6 is 0 Å². The van der Waals surface area contributed by atoms with Crippen molar-refractivity contribution in [2.75, 3.05) is 0 Å². The molecule has 0 nitrogen and oxygen atoms in total. The number of hydrogen-bond acceptors (Lipinski definition) is 0. The zero-order valence-corrected chi connectivity index (χ0v) is 27.1. The van der Waals surface area contributed by atoms with Gasteiger partial charge in [0.25, 0.3) is 0 Å². The van der Waals surface area contributed by atoms with Crippen LogP contribution in [0.1, 0.15) is 105 Å². The molecule has 210 valence electrons. The van der Waals surface area contributed by atoms with E-state index in [9.17, 15) is 0 Å². The second kappa shape index (κ2) is 10.4. The van der Waals surface area contributed by atoms with E-state index >= 15 is 0 Å². The molecule has 0 fully saturated rings. The third-order valence-corrected chi connectivity index (χ3v) is 8.10. The van der Waals surface area contributed by atoms with Crippen LogP contribution < -0.4 is 0 Å². The smallest absolute Gasteiger partial charge is 0.00237 e. The second-order valence-corrected chi connectivity index (χ2v) is 15.6. The van der Waals surface area contributed by atoms with E-state index in [2.05, 4.69) is 168 Å². The second-order valence-electron chi connectivity index (χ2n) is 15.6. The molecule has 0 aliphatic rings. The Morgan fingerprint density at radius 1 is 0.350 bits per heavy atom. The van der Waals surface area contributed by atoms with E-state index in [-0.39, 0.29) is 21.7 Å². The molecular weight excluding hydrogens is 480 g/mol. The molecule has 0 aromatic heterocycles. The lowest BCUT2D eigenvalue weighted by Crippen LogP contribution is -2.18. The van der Waals surface area contributed by atoms with Crippen LogP contribution in [-0.4, -0.2) is 0 Å². The van der Waals surface area contributed by atoms with Gasteiger partial charge in [0.1, 0.15) is 0 Å². The fourth-order valence-electron chi connectivity index (χ4n) is 5.64. The molecule has 0 spiro atoms. The van der Waals surface area contributed by atoms with Crippen LogP contribution in [0.2, 0.25) is 0 Å². The summed E-state index contributed by atoms with van der Waals surface area (Å²) in [7, 11) is 0. The quantitative estimate of drug-likeness (QED) is 0.247. The largest absolute Gasteiger partial charge is 0.0622 e. The van der Waals surface area contributed by atoms with Crippen molar-refractivity contribution >= 4 is 0 Å². The monoisotopic (exact) mass is 530 g/mol. The summed E-state index contributed by atoms with van der Waals surface area (Å²) in [5.41, 5.74) is 13.5. The summed E-state index contributed by atoms with van der Waals surface area (Å²) < 4.78 is 0. The minimum atomic E-state index is -0.0133. The maximum absolute atomic E-state index is 2.47. The van der Waals surface area contributed by atoms with Crippen LogP contribution in [0.25, 0.3) is 33.4 Å². The van der Waals surface area contributed by atoms with Crippen LogP contribution in [0.15, 0.2) is 84.9 Å². The molecule has 0 saturated heterocycles. The predicted octanol–water partition coefficient (Wildman–Crippen LogP) is 11.9. The van der Waals surface area contributed by atoms with Gasteiger partial charge in [0.05, 0.1) is 0 Å². The maximum atomic E-state index is 2.47. The van der Waals surface area contributed by atoms with Crippen LogP contribution in [0.3, 0.4) is 0 Å². The van der Waals surface area contributed by atoms with Gasteiger partial charge in [-0.1, -0.05) is 168 Å². The molecule has 4 rings (SSSR count). The molecule has 0 bridgehead atoms. The van der Waals surface area contributed by atoms with Crippen LogP contribution in [0, 0.1) is 0 Å². The summed E-state index contributed by atoms with van der Waals surface area (Å²) in [6, 6.07) is 32.2. The lowest BCUT2D eigenvalue weighted by atomic mass is 9.73. The molecule has 0 aliphatic carbocycles. The lowest BCUT2D eigenvalue weighted by molar-refractivity contribution is 0.568. The Balaban J connectivity index is 2.16. The summed E-state index contributed by atoms with van der Waals surface area (Å²) in [4.78, 5) is 0. The maximum Gasteiger partial charge on any atom is -0.00237 e. The Hall–Kier alpha value is -3.12. The minimum absolute atomic E-state index is 0.000432. The number of hydrogen-bond donors (Lipinski definition) is 0. The summed E-state index contributed by atoms with van der Waals surface area (Å²) in [6.07, 6.45) is 0. The molecule has 40 heavy (non-hydrogen) atoms. The van der Waals surface area contributed by atoms with Gasteiger partial charge in [0.15, 0.2) is 0 Å². The number of rotatable bonds is 3. The Labute approximate surface area is 244 Å². The molecule has 0 aliphatic heterocycles. The first-order chi connectivity index (χ1) is 18.4. The molecule has 0 unspecified atom stereocenters. The fourth-order valence-corrected chi connectivity index (χ4v) is 5.64. The van der Waals surface area contributed by atoms with Crippen LogP contribution in [0.4, 0.5) is 0 Å². The third-order valence-electron chi connectivity index (χ3n) is 8.10. The number of benzene rings is 4. The molecule has 4 aromatic carbocycles. The molecule has 0 amide bonds. The first-order valence-corrected chi connectivity index (χ1v) is 14.9. The van der Waals surface area contributed by atoms with E-state index in [1.807, 2.05) is 0 Å². The topological polar surface area (TPSA) is 0 Å². The van der Waals surface area contributed by atoms with Crippen molar-refractivity contribution in [1.29, 1.82) is 0 Å². The van der Waals surface area contributed by atoms with E-state index in [1.54, 1.807) is 0 Å². The zero-order valence-electron chi connectivity index (χ0n) is 27.1. The van der Waals surface area contributed by atoms with Crippen molar-refractivity contribution < 1.29 is 0 Å². The van der Waals surface area contributed by atoms with Crippen molar-refractivity contribution in [3.05, 3.63) is 107 Å². The van der Waals surface area contributed by atoms with E-state index in [0.29, 0.717) is 0 Å². The highest BCUT2D eigenvalue weighted by atomic mass is 14.3. The Kier molecular flexibility index (Phi) is 7.74. The van der Waals surface area contributed by atoms with Crippen molar-refractivity contribution in [2.24, 2.45) is 0 Å². The molecule has 0 heteroatoms. The normalized spacial score (nSPS) is 13.0. The highest BCUT2D eigenvalue weighted by Gasteiger charge is 2.28. The van der Waals surface area contributed by atoms with Gasteiger partial charge < -0.3 is 0 Å². The highest BCUT2D eigenvalue weighted by molar-refractivity contribution is 5.96. The van der Waals surface area contributed by atoms with Gasteiger partial charge in [-0.05, 0) is 77.3 Å². The van der Waals surface area contributed by atoms with Gasteiger partial charge >= 0.3 is 0 Å². The molecule has 0 N–H and O–H groups in total. The van der Waals surface area contributed by atoms with Crippen molar-refractivity contribution in [2.45, 2.75) is 105 Å². The van der Waals surface area contributed by atoms with E-state index in [1.165, 1.54) is 55.6 Å². The Morgan fingerprint density at radius 3 is 1.27 bits per heavy atom. The first kappa shape index (κ1) is 29.9. The van der Waals surface area contributed by atoms with Gasteiger partial charge in [-0.15, -0.1) is 0 Å². The van der Waals surface area contributed by atoms with Gasteiger partial charge in [-0.25, -0.2) is 0 Å². The SMILES string of the molecule is CC(C)(C)c1ccc(-c2cccc(-c3ccccc3)c2-c2ccc(C(C)(C)C)cc2C(C)(C)C)c(C(C)(C)C)c1. The van der Waals surface area contributed by atoms with Gasteiger partial charge in [-0.3, -0.25) is 0 Å².